The molecule has 1 unspecified atom stereocenters. The van der Waals surface area contributed by atoms with Crippen LogP contribution in [0.2, 0.25) is 0 Å². The number of rotatable bonds is 8. The summed E-state index contributed by atoms with van der Waals surface area (Å²) in [4.78, 5) is 0. The first-order chi connectivity index (χ1) is 17.6. The zero-order valence-electron chi connectivity index (χ0n) is 21.2. The van der Waals surface area contributed by atoms with Crippen molar-refractivity contribution >= 4 is 41.0 Å². The first-order valence-electron chi connectivity index (χ1n) is 12.3. The molecule has 0 bridgehead atoms. The number of unbranched alkanes of at least 4 members (excludes halogenated alkanes) is 2. The molecule has 5 aromatic rings. The predicted octanol–water partition coefficient (Wildman–Crippen LogP) is 9.34. The first kappa shape index (κ1) is 24.1. The van der Waals surface area contributed by atoms with Gasteiger partial charge in [0.15, 0.2) is 0 Å². The summed E-state index contributed by atoms with van der Waals surface area (Å²) in [6.45, 7) is 4.22. The fourth-order valence-electron chi connectivity index (χ4n) is 4.53. The Morgan fingerprint density at radius 2 is 1.42 bits per heavy atom. The summed E-state index contributed by atoms with van der Waals surface area (Å²) in [5, 5.41) is 4.09. The lowest BCUT2D eigenvalue weighted by molar-refractivity contribution is 0.414. The van der Waals surface area contributed by atoms with Gasteiger partial charge < -0.3 is 22.4 Å². The summed E-state index contributed by atoms with van der Waals surface area (Å²) in [6.07, 6.45) is 4.24. The quantitative estimate of drug-likeness (QED) is 0.198. The Balaban J connectivity index is 1.76. The molecule has 1 atom stereocenters. The second kappa shape index (κ2) is 10.6. The topological polar surface area (TPSA) is 54.0 Å². The fourth-order valence-corrected chi connectivity index (χ4v) is 5.69. The molecule has 4 aromatic carbocycles. The normalized spacial score (nSPS) is 11.7. The van der Waals surface area contributed by atoms with Crippen molar-refractivity contribution in [3.8, 4) is 17.2 Å². The zero-order valence-corrected chi connectivity index (χ0v) is 22.1. The molecule has 0 fully saturated rings. The number of fused-ring (bicyclic) bond motifs is 4. The van der Waals surface area contributed by atoms with Crippen molar-refractivity contribution in [2.75, 3.05) is 14.2 Å². The maximum atomic E-state index is 6.57. The van der Waals surface area contributed by atoms with E-state index >= 15 is 0 Å². The van der Waals surface area contributed by atoms with Gasteiger partial charge in [0.1, 0.15) is 28.4 Å². The van der Waals surface area contributed by atoms with E-state index in [1.54, 1.807) is 14.2 Å². The van der Waals surface area contributed by atoms with Crippen LogP contribution in [0.15, 0.2) is 75.1 Å². The van der Waals surface area contributed by atoms with Crippen LogP contribution in [0.5, 0.6) is 17.2 Å². The van der Waals surface area contributed by atoms with Gasteiger partial charge in [-0.1, -0.05) is 50.1 Å². The van der Waals surface area contributed by atoms with Gasteiger partial charge in [-0.3, -0.25) is 0 Å². The molecule has 36 heavy (non-hydrogen) atoms. The highest BCUT2D eigenvalue weighted by molar-refractivity contribution is 7.32. The highest BCUT2D eigenvalue weighted by atomic mass is 31.1. The summed E-state index contributed by atoms with van der Waals surface area (Å²) in [7, 11) is 1.60. The molecule has 6 heteroatoms. The molecular formula is C30H31O5P. The van der Waals surface area contributed by atoms with E-state index in [1.807, 2.05) is 49.4 Å². The van der Waals surface area contributed by atoms with Crippen LogP contribution >= 0.6 is 8.24 Å². The Labute approximate surface area is 212 Å². The van der Waals surface area contributed by atoms with Gasteiger partial charge in [-0.2, -0.15) is 0 Å². The van der Waals surface area contributed by atoms with Gasteiger partial charge in [-0.05, 0) is 78.1 Å². The average Bonchev–Trinajstić information content (AvgIpc) is 3.05. The molecule has 0 amide bonds. The minimum Gasteiger partial charge on any atom is -0.497 e. The van der Waals surface area contributed by atoms with Crippen molar-refractivity contribution < 1.29 is 22.4 Å². The van der Waals surface area contributed by atoms with E-state index in [9.17, 15) is 0 Å². The van der Waals surface area contributed by atoms with Crippen molar-refractivity contribution in [3.05, 3.63) is 77.9 Å². The molecular weight excluding hydrogens is 471 g/mol. The van der Waals surface area contributed by atoms with Crippen LogP contribution in [0.3, 0.4) is 0 Å². The third kappa shape index (κ3) is 4.89. The van der Waals surface area contributed by atoms with Crippen molar-refractivity contribution in [1.29, 1.82) is 0 Å². The van der Waals surface area contributed by atoms with Gasteiger partial charge in [0.25, 0.3) is 0 Å². The third-order valence-corrected chi connectivity index (χ3v) is 7.45. The molecule has 0 radical (unpaired) electrons. The zero-order chi connectivity index (χ0) is 25.1. The Morgan fingerprint density at radius 1 is 0.722 bits per heavy atom. The van der Waals surface area contributed by atoms with E-state index in [2.05, 4.69) is 31.2 Å². The van der Waals surface area contributed by atoms with Crippen LogP contribution in [-0.2, 0) is 6.42 Å². The molecule has 5 nitrogen and oxygen atoms in total. The minimum absolute atomic E-state index is 0.706. The van der Waals surface area contributed by atoms with Crippen LogP contribution in [0.25, 0.3) is 32.7 Å². The maximum absolute atomic E-state index is 6.57. The van der Waals surface area contributed by atoms with Gasteiger partial charge in [0, 0.05) is 10.8 Å². The van der Waals surface area contributed by atoms with Gasteiger partial charge in [0.05, 0.1) is 14.2 Å². The van der Waals surface area contributed by atoms with Gasteiger partial charge >= 0.3 is 8.24 Å². The van der Waals surface area contributed by atoms with E-state index in [-0.39, 0.29) is 0 Å². The van der Waals surface area contributed by atoms with Crippen LogP contribution in [0.1, 0.15) is 37.3 Å². The van der Waals surface area contributed by atoms with Crippen LogP contribution in [-0.4, -0.2) is 14.2 Å². The van der Waals surface area contributed by atoms with Crippen molar-refractivity contribution in [2.45, 2.75) is 39.5 Å². The predicted molar refractivity (Wildman–Crippen MR) is 147 cm³/mol. The van der Waals surface area contributed by atoms with Gasteiger partial charge in [-0.15, -0.1) is 0 Å². The van der Waals surface area contributed by atoms with E-state index in [0.29, 0.717) is 5.75 Å². The average molecular weight is 503 g/mol. The number of ether oxygens (including phenoxy) is 2. The van der Waals surface area contributed by atoms with Gasteiger partial charge in [-0.25, -0.2) is 0 Å². The van der Waals surface area contributed by atoms with E-state index in [0.717, 1.165) is 81.0 Å². The van der Waals surface area contributed by atoms with Crippen molar-refractivity contribution in [2.24, 2.45) is 0 Å². The lowest BCUT2D eigenvalue weighted by Crippen LogP contribution is -1.91. The lowest BCUT2D eigenvalue weighted by atomic mass is 10.0. The van der Waals surface area contributed by atoms with Crippen LogP contribution in [0, 0.1) is 6.92 Å². The standard InChI is InChI=1S/C30H31O5P/c1-5-6-7-12-23-17-26(32-4)19-28-27-18-25(31-3)15-20(2)29(27)34-36(35-30(23)28)33-24-14-13-21-10-8-9-11-22(21)16-24/h8-11,13-19H,5-7,12H2,1-4H3. The summed E-state index contributed by atoms with van der Waals surface area (Å²) in [5.41, 5.74) is 3.55. The lowest BCUT2D eigenvalue weighted by Gasteiger charge is -2.09. The number of aryl methyl sites for hydroxylation is 2. The second-order valence-corrected chi connectivity index (χ2v) is 9.94. The monoisotopic (exact) mass is 502 g/mol. The Kier molecular flexibility index (Phi) is 7.11. The fraction of sp³-hybridized carbons (Fsp3) is 0.267. The molecule has 1 aromatic heterocycles. The highest BCUT2D eigenvalue weighted by Crippen LogP contribution is 2.42. The maximum Gasteiger partial charge on any atom is 0.453 e. The summed E-state index contributed by atoms with van der Waals surface area (Å²) in [5.74, 6) is 2.26. The summed E-state index contributed by atoms with van der Waals surface area (Å²) < 4.78 is 30.7. The number of benzene rings is 4. The largest absolute Gasteiger partial charge is 0.497 e. The van der Waals surface area contributed by atoms with Crippen LogP contribution in [0.4, 0.5) is 0 Å². The number of methoxy groups -OCH3 is 2. The SMILES string of the molecule is CCCCCc1cc(OC)cc2c1op(Oc1ccc3ccccc3c1)oc1c(C)cc(OC)cc12. The number of hydrogen-bond donors (Lipinski definition) is 0. The van der Waals surface area contributed by atoms with Crippen molar-refractivity contribution in [3.63, 3.8) is 0 Å². The number of hydrogen-bond acceptors (Lipinski definition) is 5. The Morgan fingerprint density at radius 3 is 2.17 bits per heavy atom. The molecule has 0 aliphatic carbocycles. The highest BCUT2D eigenvalue weighted by Gasteiger charge is 2.16. The summed E-state index contributed by atoms with van der Waals surface area (Å²) in [6, 6.07) is 22.3. The second-order valence-electron chi connectivity index (χ2n) is 8.95. The smallest absolute Gasteiger partial charge is 0.453 e. The van der Waals surface area contributed by atoms with E-state index in [4.69, 9.17) is 22.4 Å². The van der Waals surface area contributed by atoms with Crippen LogP contribution < -0.4 is 14.0 Å². The molecule has 0 spiro atoms. The molecule has 0 saturated heterocycles. The molecule has 0 N–H and O–H groups in total. The molecule has 1 heterocycles. The first-order valence-corrected chi connectivity index (χ1v) is 13.4. The molecule has 5 rings (SSSR count). The van der Waals surface area contributed by atoms with Gasteiger partial charge in [0.2, 0.25) is 0 Å². The van der Waals surface area contributed by atoms with E-state index in [1.165, 1.54) is 0 Å². The van der Waals surface area contributed by atoms with E-state index < -0.39 is 8.24 Å². The molecule has 0 aliphatic heterocycles. The minimum atomic E-state index is -1.76. The Bertz CT molecular complexity index is 1570. The third-order valence-electron chi connectivity index (χ3n) is 6.43. The molecule has 186 valence electrons. The molecule has 0 saturated carbocycles. The Hall–Kier alpha value is -3.56. The summed E-state index contributed by atoms with van der Waals surface area (Å²) >= 11 is 0. The van der Waals surface area contributed by atoms with Crippen molar-refractivity contribution in [1.82, 2.24) is 0 Å². The molecule has 0 aliphatic rings.